The van der Waals surface area contributed by atoms with Gasteiger partial charge in [-0.05, 0) is 38.4 Å². The molecule has 3 heteroatoms. The molecular weight excluding hydrogens is 224 g/mol. The van der Waals surface area contributed by atoms with Crippen LogP contribution in [-0.2, 0) is 4.79 Å². The first-order valence-electron chi connectivity index (χ1n) is 6.83. The zero-order valence-corrected chi connectivity index (χ0v) is 11.2. The molecule has 1 N–H and O–H groups in total. The van der Waals surface area contributed by atoms with Crippen molar-refractivity contribution in [1.29, 1.82) is 0 Å². The summed E-state index contributed by atoms with van der Waals surface area (Å²) in [6.45, 7) is 5.11. The second-order valence-corrected chi connectivity index (χ2v) is 4.99. The number of hydrogen-bond donors (Lipinski definition) is 1. The van der Waals surface area contributed by atoms with Crippen molar-refractivity contribution in [1.82, 2.24) is 5.32 Å². The maximum Gasteiger partial charge on any atom is 0.226 e. The average molecular weight is 246 g/mol. The Morgan fingerprint density at radius 2 is 2.11 bits per heavy atom. The van der Waals surface area contributed by atoms with Crippen molar-refractivity contribution in [2.45, 2.75) is 45.2 Å². The predicted molar refractivity (Wildman–Crippen MR) is 74.7 cm³/mol. The fourth-order valence-electron chi connectivity index (χ4n) is 2.66. The summed E-state index contributed by atoms with van der Waals surface area (Å²) in [5, 5.41) is 3.44. The zero-order valence-electron chi connectivity index (χ0n) is 11.2. The lowest BCUT2D eigenvalue weighted by Crippen LogP contribution is -2.49. The van der Waals surface area contributed by atoms with Crippen molar-refractivity contribution in [3.8, 4) is 0 Å². The second kappa shape index (κ2) is 6.01. The van der Waals surface area contributed by atoms with Crippen LogP contribution in [0.3, 0.4) is 0 Å². The van der Waals surface area contributed by atoms with Crippen LogP contribution in [0.2, 0.25) is 0 Å². The smallest absolute Gasteiger partial charge is 0.226 e. The van der Waals surface area contributed by atoms with Crippen molar-refractivity contribution in [3.63, 3.8) is 0 Å². The third-order valence-electron chi connectivity index (χ3n) is 3.57. The molecule has 1 heterocycles. The van der Waals surface area contributed by atoms with Crippen LogP contribution in [-0.4, -0.2) is 24.5 Å². The van der Waals surface area contributed by atoms with Crippen LogP contribution in [0.1, 0.15) is 33.1 Å². The van der Waals surface area contributed by atoms with Crippen molar-refractivity contribution in [3.05, 3.63) is 30.3 Å². The van der Waals surface area contributed by atoms with Gasteiger partial charge in [-0.3, -0.25) is 4.79 Å². The third kappa shape index (κ3) is 2.91. The highest BCUT2D eigenvalue weighted by Gasteiger charge is 2.28. The number of amides is 1. The van der Waals surface area contributed by atoms with E-state index in [4.69, 9.17) is 0 Å². The summed E-state index contributed by atoms with van der Waals surface area (Å²) in [6.07, 6.45) is 2.62. The van der Waals surface area contributed by atoms with Crippen molar-refractivity contribution in [2.75, 3.05) is 11.4 Å². The van der Waals surface area contributed by atoms with Gasteiger partial charge >= 0.3 is 0 Å². The van der Waals surface area contributed by atoms with E-state index in [2.05, 4.69) is 12.2 Å². The molecule has 0 saturated carbocycles. The topological polar surface area (TPSA) is 32.3 Å². The molecule has 1 amide bonds. The van der Waals surface area contributed by atoms with Crippen LogP contribution in [0, 0.1) is 0 Å². The molecular formula is C15H22N2O. The predicted octanol–water partition coefficient (Wildman–Crippen LogP) is 2.57. The number of carbonyl (C=O) groups is 1. The van der Waals surface area contributed by atoms with Gasteiger partial charge in [0.1, 0.15) is 0 Å². The van der Waals surface area contributed by atoms with E-state index in [1.54, 1.807) is 0 Å². The molecule has 0 radical (unpaired) electrons. The quantitative estimate of drug-likeness (QED) is 0.889. The Morgan fingerprint density at radius 3 is 2.72 bits per heavy atom. The molecule has 0 aromatic heterocycles. The first kappa shape index (κ1) is 13.1. The van der Waals surface area contributed by atoms with E-state index in [0.717, 1.165) is 25.1 Å². The number of para-hydroxylation sites is 1. The van der Waals surface area contributed by atoms with Crippen LogP contribution in [0.4, 0.5) is 5.69 Å². The number of nitrogens with one attached hydrogen (secondary N) is 1. The highest BCUT2D eigenvalue weighted by Crippen LogP contribution is 2.24. The third-order valence-corrected chi connectivity index (χ3v) is 3.57. The Labute approximate surface area is 109 Å². The van der Waals surface area contributed by atoms with Gasteiger partial charge in [-0.15, -0.1) is 0 Å². The van der Waals surface area contributed by atoms with E-state index >= 15 is 0 Å². The number of rotatable bonds is 3. The molecule has 0 aliphatic carbocycles. The summed E-state index contributed by atoms with van der Waals surface area (Å²) in [6, 6.07) is 10.9. The summed E-state index contributed by atoms with van der Waals surface area (Å²) >= 11 is 0. The number of benzene rings is 1. The highest BCUT2D eigenvalue weighted by molar-refractivity contribution is 5.93. The normalized spacial score (nSPS) is 23.7. The zero-order chi connectivity index (χ0) is 13.0. The Hall–Kier alpha value is -1.35. The number of piperidine rings is 1. The lowest BCUT2D eigenvalue weighted by molar-refractivity contribution is -0.118. The Bertz CT molecular complexity index is 391. The van der Waals surface area contributed by atoms with Crippen molar-refractivity contribution >= 4 is 11.6 Å². The fourth-order valence-corrected chi connectivity index (χ4v) is 2.66. The minimum Gasteiger partial charge on any atom is -0.314 e. The second-order valence-electron chi connectivity index (χ2n) is 4.99. The molecule has 3 nitrogen and oxygen atoms in total. The molecule has 18 heavy (non-hydrogen) atoms. The van der Waals surface area contributed by atoms with Gasteiger partial charge in [0.2, 0.25) is 5.91 Å². The van der Waals surface area contributed by atoms with E-state index in [-0.39, 0.29) is 5.91 Å². The van der Waals surface area contributed by atoms with Crippen LogP contribution < -0.4 is 10.2 Å². The molecule has 98 valence electrons. The molecule has 1 aliphatic heterocycles. The summed E-state index contributed by atoms with van der Waals surface area (Å²) < 4.78 is 0. The van der Waals surface area contributed by atoms with Gasteiger partial charge in [0.15, 0.2) is 0 Å². The van der Waals surface area contributed by atoms with Crippen LogP contribution in [0.15, 0.2) is 30.3 Å². The number of nitrogens with zero attached hydrogens (tertiary/aromatic N) is 1. The minimum absolute atomic E-state index is 0.223. The molecule has 2 unspecified atom stereocenters. The Balaban J connectivity index is 2.22. The Morgan fingerprint density at radius 1 is 1.39 bits per heavy atom. The SMILES string of the molecule is CCC(=O)N(c1ccccc1)C1CCNC(C)C1. The fraction of sp³-hybridized carbons (Fsp3) is 0.533. The van der Waals surface area contributed by atoms with E-state index in [9.17, 15) is 4.79 Å². The van der Waals surface area contributed by atoms with Gasteiger partial charge in [0, 0.05) is 24.2 Å². The maximum atomic E-state index is 12.2. The van der Waals surface area contributed by atoms with Crippen molar-refractivity contribution < 1.29 is 4.79 Å². The number of hydrogen-bond acceptors (Lipinski definition) is 2. The minimum atomic E-state index is 0.223. The van der Waals surface area contributed by atoms with Crippen molar-refractivity contribution in [2.24, 2.45) is 0 Å². The first-order chi connectivity index (χ1) is 8.72. The number of anilines is 1. The van der Waals surface area contributed by atoms with E-state index in [0.29, 0.717) is 18.5 Å². The molecule has 1 aromatic carbocycles. The lowest BCUT2D eigenvalue weighted by Gasteiger charge is -2.37. The summed E-state index contributed by atoms with van der Waals surface area (Å²) in [5.41, 5.74) is 1.03. The van der Waals surface area contributed by atoms with Crippen LogP contribution in [0.5, 0.6) is 0 Å². The summed E-state index contributed by atoms with van der Waals surface area (Å²) in [7, 11) is 0. The molecule has 1 aliphatic rings. The number of carbonyl (C=O) groups excluding carboxylic acids is 1. The molecule has 2 rings (SSSR count). The standard InChI is InChI=1S/C15H22N2O/c1-3-15(18)17(13-7-5-4-6-8-13)14-9-10-16-12(2)11-14/h4-8,12,14,16H,3,9-11H2,1-2H3. The molecule has 0 spiro atoms. The Kier molecular flexibility index (Phi) is 4.37. The molecule has 2 atom stereocenters. The van der Waals surface area contributed by atoms with Gasteiger partial charge in [0.25, 0.3) is 0 Å². The monoisotopic (exact) mass is 246 g/mol. The first-order valence-corrected chi connectivity index (χ1v) is 6.83. The van der Waals surface area contributed by atoms with Gasteiger partial charge in [-0.2, -0.15) is 0 Å². The van der Waals surface area contributed by atoms with E-state index in [1.165, 1.54) is 0 Å². The van der Waals surface area contributed by atoms with Gasteiger partial charge in [-0.1, -0.05) is 25.1 Å². The molecule has 0 bridgehead atoms. The van der Waals surface area contributed by atoms with Gasteiger partial charge in [0.05, 0.1) is 0 Å². The van der Waals surface area contributed by atoms with E-state index in [1.807, 2.05) is 42.2 Å². The highest BCUT2D eigenvalue weighted by atomic mass is 16.2. The van der Waals surface area contributed by atoms with Gasteiger partial charge < -0.3 is 10.2 Å². The van der Waals surface area contributed by atoms with E-state index < -0.39 is 0 Å². The summed E-state index contributed by atoms with van der Waals surface area (Å²) in [4.78, 5) is 14.2. The molecule has 1 fully saturated rings. The molecule has 1 saturated heterocycles. The van der Waals surface area contributed by atoms with Crippen LogP contribution >= 0.6 is 0 Å². The lowest BCUT2D eigenvalue weighted by atomic mass is 9.98. The average Bonchev–Trinajstić information content (AvgIpc) is 2.40. The summed E-state index contributed by atoms with van der Waals surface area (Å²) in [5.74, 6) is 0.223. The van der Waals surface area contributed by atoms with Crippen LogP contribution in [0.25, 0.3) is 0 Å². The largest absolute Gasteiger partial charge is 0.314 e. The molecule has 1 aromatic rings. The van der Waals surface area contributed by atoms with Gasteiger partial charge in [-0.25, -0.2) is 0 Å². The maximum absolute atomic E-state index is 12.2.